The molecule has 3 heterocycles. The Hall–Kier alpha value is -3.87. The van der Waals surface area contributed by atoms with Gasteiger partial charge in [0.2, 0.25) is 5.91 Å². The molecule has 0 spiro atoms. The summed E-state index contributed by atoms with van der Waals surface area (Å²) in [5.74, 6) is 1.06. The highest BCUT2D eigenvalue weighted by molar-refractivity contribution is 5.94. The molecule has 0 aliphatic carbocycles. The van der Waals surface area contributed by atoms with Crippen LogP contribution in [0.3, 0.4) is 0 Å². The van der Waals surface area contributed by atoms with Crippen LogP contribution < -0.4 is 0 Å². The molecule has 0 atom stereocenters. The normalized spacial score (nSPS) is 14.1. The minimum Gasteiger partial charge on any atom is -0.508 e. The number of H-pyrrole nitrogens is 2. The van der Waals surface area contributed by atoms with Crippen molar-refractivity contribution in [3.05, 3.63) is 59.9 Å². The molecule has 0 saturated carbocycles. The molecule has 0 saturated heterocycles. The van der Waals surface area contributed by atoms with E-state index in [-0.39, 0.29) is 11.7 Å². The first-order valence-electron chi connectivity index (χ1n) is 10.8. The van der Waals surface area contributed by atoms with E-state index in [9.17, 15) is 9.90 Å². The minimum atomic E-state index is 0.0836. The fourth-order valence-corrected chi connectivity index (χ4v) is 4.33. The van der Waals surface area contributed by atoms with Gasteiger partial charge in [0.15, 0.2) is 5.82 Å². The van der Waals surface area contributed by atoms with Gasteiger partial charge in [0, 0.05) is 31.6 Å². The van der Waals surface area contributed by atoms with Crippen LogP contribution >= 0.6 is 0 Å². The number of aromatic nitrogens is 4. The van der Waals surface area contributed by atoms with Crippen LogP contribution in [0.2, 0.25) is 0 Å². The second-order valence-electron chi connectivity index (χ2n) is 8.12. The first kappa shape index (κ1) is 20.1. The van der Waals surface area contributed by atoms with Gasteiger partial charge >= 0.3 is 0 Å². The summed E-state index contributed by atoms with van der Waals surface area (Å²) < 4.78 is 0. The van der Waals surface area contributed by atoms with Gasteiger partial charge in [-0.15, -0.1) is 0 Å². The predicted molar refractivity (Wildman–Crippen MR) is 125 cm³/mol. The quantitative estimate of drug-likeness (QED) is 0.446. The first-order chi connectivity index (χ1) is 15.5. The van der Waals surface area contributed by atoms with Gasteiger partial charge < -0.3 is 15.0 Å². The highest BCUT2D eigenvalue weighted by atomic mass is 16.3. The van der Waals surface area contributed by atoms with Crippen molar-refractivity contribution in [1.82, 2.24) is 25.1 Å². The molecule has 2 aromatic heterocycles. The van der Waals surface area contributed by atoms with Crippen molar-refractivity contribution in [2.75, 3.05) is 13.1 Å². The number of carbonyl (C=O) groups is 1. The van der Waals surface area contributed by atoms with Crippen LogP contribution in [-0.4, -0.2) is 49.2 Å². The Kier molecular flexibility index (Phi) is 5.01. The number of aryl methyl sites for hydroxylation is 1. The van der Waals surface area contributed by atoms with Crippen LogP contribution in [0.1, 0.15) is 31.5 Å². The largest absolute Gasteiger partial charge is 0.508 e. The summed E-state index contributed by atoms with van der Waals surface area (Å²) in [5, 5.41) is 18.4. The maximum Gasteiger partial charge on any atom is 0.219 e. The Bertz CT molecular complexity index is 1350. The number of nitrogens with zero attached hydrogens (tertiary/aromatic N) is 3. The van der Waals surface area contributed by atoms with Gasteiger partial charge in [0.05, 0.1) is 11.2 Å². The number of nitrogens with one attached hydrogen (secondary N) is 2. The maximum absolute atomic E-state index is 11.7. The number of hydrogen-bond acceptors (Lipinski definition) is 4. The van der Waals surface area contributed by atoms with Gasteiger partial charge in [0.1, 0.15) is 11.4 Å². The number of amides is 1. The standard InChI is InChI=1S/C25H25N5O2/c1-3-16-11-19(32)7-9-20(16)17-6-8-21-22(12-17)28-29-24(21)25-26-13-23(27-25)18-5-4-10-30(14-18)15(2)31/h5-9,11-13,32H,3-4,10,14H2,1-2H3,(H,26,27)(H,28,29). The number of fused-ring (bicyclic) bond motifs is 1. The SMILES string of the molecule is CCc1cc(O)ccc1-c1ccc2c(-c3nc(C4=CCCN(C(C)=O)C4)c[nH]3)n[nH]c2c1. The molecule has 162 valence electrons. The van der Waals surface area contributed by atoms with Crippen LogP contribution in [0, 0.1) is 0 Å². The van der Waals surface area contributed by atoms with E-state index in [0.29, 0.717) is 12.4 Å². The number of phenols is 1. The lowest BCUT2D eigenvalue weighted by Gasteiger charge is -2.25. The summed E-state index contributed by atoms with van der Waals surface area (Å²) in [7, 11) is 0. The van der Waals surface area contributed by atoms with Crippen molar-refractivity contribution >= 4 is 22.4 Å². The molecule has 32 heavy (non-hydrogen) atoms. The third-order valence-electron chi connectivity index (χ3n) is 6.07. The number of benzene rings is 2. The van der Waals surface area contributed by atoms with Crippen molar-refractivity contribution in [1.29, 1.82) is 0 Å². The molecule has 0 bridgehead atoms. The molecule has 0 unspecified atom stereocenters. The maximum atomic E-state index is 11.7. The highest BCUT2D eigenvalue weighted by Gasteiger charge is 2.19. The monoisotopic (exact) mass is 427 g/mol. The number of rotatable bonds is 4. The zero-order valence-electron chi connectivity index (χ0n) is 18.1. The van der Waals surface area contributed by atoms with Gasteiger partial charge in [-0.1, -0.05) is 25.1 Å². The van der Waals surface area contributed by atoms with Crippen molar-refractivity contribution < 1.29 is 9.90 Å². The first-order valence-corrected chi connectivity index (χ1v) is 10.8. The van der Waals surface area contributed by atoms with Crippen LogP contribution in [0.15, 0.2) is 48.7 Å². The molecule has 1 aliphatic heterocycles. The molecular weight excluding hydrogens is 402 g/mol. The zero-order valence-corrected chi connectivity index (χ0v) is 18.1. The van der Waals surface area contributed by atoms with Gasteiger partial charge in [-0.2, -0.15) is 5.10 Å². The summed E-state index contributed by atoms with van der Waals surface area (Å²) in [6.07, 6.45) is 5.70. The Balaban J connectivity index is 1.47. The smallest absolute Gasteiger partial charge is 0.219 e. The number of imidazole rings is 1. The number of phenolic OH excluding ortho intramolecular Hbond substituents is 1. The fourth-order valence-electron chi connectivity index (χ4n) is 4.33. The van der Waals surface area contributed by atoms with E-state index in [0.717, 1.165) is 63.9 Å². The van der Waals surface area contributed by atoms with Crippen molar-refractivity contribution in [2.24, 2.45) is 0 Å². The Morgan fingerprint density at radius 3 is 2.91 bits per heavy atom. The third-order valence-corrected chi connectivity index (χ3v) is 6.07. The lowest BCUT2D eigenvalue weighted by Crippen LogP contribution is -2.33. The highest BCUT2D eigenvalue weighted by Crippen LogP contribution is 2.32. The van der Waals surface area contributed by atoms with E-state index in [1.807, 2.05) is 23.2 Å². The fraction of sp³-hybridized carbons (Fsp3) is 0.240. The van der Waals surface area contributed by atoms with E-state index in [4.69, 9.17) is 4.98 Å². The molecule has 7 heteroatoms. The number of aromatic hydroxyl groups is 1. The van der Waals surface area contributed by atoms with E-state index in [1.54, 1.807) is 13.0 Å². The van der Waals surface area contributed by atoms with Gasteiger partial charge in [-0.05, 0) is 59.4 Å². The average molecular weight is 428 g/mol. The van der Waals surface area contributed by atoms with Gasteiger partial charge in [-0.25, -0.2) is 4.98 Å². The molecular formula is C25H25N5O2. The minimum absolute atomic E-state index is 0.0836. The van der Waals surface area contributed by atoms with Crippen molar-refractivity contribution in [2.45, 2.75) is 26.7 Å². The van der Waals surface area contributed by atoms with E-state index >= 15 is 0 Å². The van der Waals surface area contributed by atoms with E-state index < -0.39 is 0 Å². The molecule has 4 aromatic rings. The topological polar surface area (TPSA) is 97.9 Å². The van der Waals surface area contributed by atoms with Gasteiger partial charge in [0.25, 0.3) is 0 Å². The number of carbonyl (C=O) groups excluding carboxylic acids is 1. The average Bonchev–Trinajstić information content (AvgIpc) is 3.45. The zero-order chi connectivity index (χ0) is 22.2. The molecule has 7 nitrogen and oxygen atoms in total. The molecule has 1 aliphatic rings. The molecule has 0 fully saturated rings. The number of hydrogen-bond donors (Lipinski definition) is 3. The van der Waals surface area contributed by atoms with E-state index in [1.165, 1.54) is 0 Å². The molecule has 0 radical (unpaired) electrons. The second-order valence-corrected chi connectivity index (χ2v) is 8.12. The lowest BCUT2D eigenvalue weighted by molar-refractivity contribution is -0.128. The van der Waals surface area contributed by atoms with Gasteiger partial charge in [-0.3, -0.25) is 9.89 Å². The summed E-state index contributed by atoms with van der Waals surface area (Å²) in [4.78, 5) is 21.6. The van der Waals surface area contributed by atoms with Crippen LogP contribution in [0.5, 0.6) is 5.75 Å². The summed E-state index contributed by atoms with van der Waals surface area (Å²) in [5.41, 5.74) is 6.85. The predicted octanol–water partition coefficient (Wildman–Crippen LogP) is 4.52. The summed E-state index contributed by atoms with van der Waals surface area (Å²) in [6.45, 7) is 5.02. The Morgan fingerprint density at radius 1 is 1.22 bits per heavy atom. The van der Waals surface area contributed by atoms with Crippen LogP contribution in [0.4, 0.5) is 0 Å². The Labute approximate surface area is 185 Å². The molecule has 1 amide bonds. The molecule has 3 N–H and O–H groups in total. The van der Waals surface area contributed by atoms with E-state index in [2.05, 4.69) is 46.4 Å². The van der Waals surface area contributed by atoms with Crippen LogP contribution in [-0.2, 0) is 11.2 Å². The number of aromatic amines is 2. The van der Waals surface area contributed by atoms with Crippen molar-refractivity contribution in [3.8, 4) is 28.4 Å². The summed E-state index contributed by atoms with van der Waals surface area (Å²) >= 11 is 0. The Morgan fingerprint density at radius 2 is 2.09 bits per heavy atom. The third kappa shape index (κ3) is 3.56. The van der Waals surface area contributed by atoms with Crippen molar-refractivity contribution in [3.63, 3.8) is 0 Å². The summed E-state index contributed by atoms with van der Waals surface area (Å²) in [6, 6.07) is 11.7. The van der Waals surface area contributed by atoms with Crippen LogP contribution in [0.25, 0.3) is 39.1 Å². The second kappa shape index (κ2) is 8.00. The lowest BCUT2D eigenvalue weighted by atomic mass is 9.97. The molecule has 5 rings (SSSR count). The molecule has 2 aromatic carbocycles.